The van der Waals surface area contributed by atoms with Gasteiger partial charge in [0.1, 0.15) is 23.8 Å². The van der Waals surface area contributed by atoms with Gasteiger partial charge in [0.15, 0.2) is 0 Å². The van der Waals surface area contributed by atoms with Gasteiger partial charge in [0.2, 0.25) is 5.88 Å². The van der Waals surface area contributed by atoms with Crippen molar-refractivity contribution in [3.8, 4) is 6.07 Å². The Morgan fingerprint density at radius 1 is 1.29 bits per heavy atom. The highest BCUT2D eigenvalue weighted by molar-refractivity contribution is 5.93. The van der Waals surface area contributed by atoms with Crippen LogP contribution in [0, 0.1) is 11.3 Å². The monoisotopic (exact) mass is 396 g/mol. The van der Waals surface area contributed by atoms with Gasteiger partial charge in [-0.2, -0.15) is 18.4 Å². The maximum Gasteiger partial charge on any atom is 0.416 e. The highest BCUT2D eigenvalue weighted by Gasteiger charge is 2.39. The average molecular weight is 396 g/mol. The lowest BCUT2D eigenvalue weighted by Gasteiger charge is -2.28. The molecule has 1 atom stereocenters. The zero-order valence-electron chi connectivity index (χ0n) is 14.8. The lowest BCUT2D eigenvalue weighted by molar-refractivity contribution is -0.140. The molecule has 0 saturated carbocycles. The molecule has 10 heteroatoms. The number of nitrogens with zero attached hydrogens (tertiary/aromatic N) is 1. The molecule has 28 heavy (non-hydrogen) atoms. The van der Waals surface area contributed by atoms with Gasteiger partial charge in [0.25, 0.3) is 0 Å². The van der Waals surface area contributed by atoms with Gasteiger partial charge < -0.3 is 19.9 Å². The standard InChI is InChI=1S/C18H15F3N2O5/c1-26-13(24)7-12-15(17(25)27-2)14(11(8-22)16(23)28-12)9-4-3-5-10(6-9)18(19,20)21/h3-6,14H,7,23H2,1-2H3. The van der Waals surface area contributed by atoms with E-state index >= 15 is 0 Å². The number of carbonyl (C=O) groups is 2. The first-order chi connectivity index (χ1) is 13.1. The van der Waals surface area contributed by atoms with E-state index in [4.69, 9.17) is 10.5 Å². The summed E-state index contributed by atoms with van der Waals surface area (Å²) in [5.41, 5.74) is 4.11. The maximum absolute atomic E-state index is 13.1. The van der Waals surface area contributed by atoms with E-state index in [1.807, 2.05) is 0 Å². The topological polar surface area (TPSA) is 112 Å². The van der Waals surface area contributed by atoms with Crippen LogP contribution in [0.15, 0.2) is 47.1 Å². The Morgan fingerprint density at radius 2 is 1.96 bits per heavy atom. The quantitative estimate of drug-likeness (QED) is 0.778. The molecule has 0 aromatic heterocycles. The molecule has 1 aliphatic heterocycles. The summed E-state index contributed by atoms with van der Waals surface area (Å²) >= 11 is 0. The molecular formula is C18H15F3N2O5. The molecule has 2 N–H and O–H groups in total. The predicted molar refractivity (Wildman–Crippen MR) is 87.8 cm³/mol. The predicted octanol–water partition coefficient (Wildman–Crippen LogP) is 2.50. The molecule has 0 bridgehead atoms. The molecule has 2 rings (SSSR count). The zero-order valence-corrected chi connectivity index (χ0v) is 14.8. The second kappa shape index (κ2) is 8.04. The van der Waals surface area contributed by atoms with Gasteiger partial charge in [-0.05, 0) is 11.6 Å². The SMILES string of the molecule is COC(=O)CC1=C(C(=O)OC)C(c2cccc(C(F)(F)F)c2)C(C#N)=C(N)O1. The zero-order chi connectivity index (χ0) is 21.1. The number of methoxy groups -OCH3 is 2. The van der Waals surface area contributed by atoms with Gasteiger partial charge in [-0.1, -0.05) is 18.2 Å². The number of esters is 2. The van der Waals surface area contributed by atoms with E-state index in [0.717, 1.165) is 32.4 Å². The van der Waals surface area contributed by atoms with Crippen LogP contribution < -0.4 is 5.73 Å². The smallest absolute Gasteiger partial charge is 0.416 e. The van der Waals surface area contributed by atoms with Gasteiger partial charge in [-0.15, -0.1) is 0 Å². The van der Waals surface area contributed by atoms with Crippen LogP contribution in [-0.2, 0) is 30.0 Å². The van der Waals surface area contributed by atoms with Gasteiger partial charge in [0.05, 0.1) is 31.3 Å². The normalized spacial score (nSPS) is 16.9. The summed E-state index contributed by atoms with van der Waals surface area (Å²) < 4.78 is 53.8. The second-order valence-corrected chi connectivity index (χ2v) is 5.63. The summed E-state index contributed by atoms with van der Waals surface area (Å²) in [4.78, 5) is 24.0. The van der Waals surface area contributed by atoms with Gasteiger partial charge in [-0.25, -0.2) is 4.79 Å². The number of nitrogens with two attached hydrogens (primary N) is 1. The van der Waals surface area contributed by atoms with Crippen molar-refractivity contribution in [2.75, 3.05) is 14.2 Å². The Balaban J connectivity index is 2.73. The Labute approximate surface area is 157 Å². The summed E-state index contributed by atoms with van der Waals surface area (Å²) in [6.07, 6.45) is -5.18. The molecule has 0 spiro atoms. The minimum absolute atomic E-state index is 0.0413. The minimum atomic E-state index is -4.65. The van der Waals surface area contributed by atoms with E-state index in [1.54, 1.807) is 6.07 Å². The van der Waals surface area contributed by atoms with Crippen molar-refractivity contribution in [3.63, 3.8) is 0 Å². The fourth-order valence-corrected chi connectivity index (χ4v) is 2.71. The first-order valence-electron chi connectivity index (χ1n) is 7.76. The second-order valence-electron chi connectivity index (χ2n) is 5.63. The van der Waals surface area contributed by atoms with Crippen molar-refractivity contribution in [3.05, 3.63) is 58.2 Å². The average Bonchev–Trinajstić information content (AvgIpc) is 2.66. The maximum atomic E-state index is 13.1. The van der Waals surface area contributed by atoms with Crippen molar-refractivity contribution in [2.45, 2.75) is 18.5 Å². The van der Waals surface area contributed by atoms with Crippen molar-refractivity contribution >= 4 is 11.9 Å². The minimum Gasteiger partial charge on any atom is -0.469 e. The molecule has 0 amide bonds. The summed E-state index contributed by atoms with van der Waals surface area (Å²) in [6.45, 7) is 0. The van der Waals surface area contributed by atoms with Gasteiger partial charge >= 0.3 is 18.1 Å². The number of alkyl halides is 3. The third-order valence-electron chi connectivity index (χ3n) is 3.98. The molecule has 0 fully saturated rings. The van der Waals surface area contributed by atoms with Crippen molar-refractivity contribution < 1.29 is 37.0 Å². The molecular weight excluding hydrogens is 381 g/mol. The fraction of sp³-hybridized carbons (Fsp3) is 0.278. The van der Waals surface area contributed by atoms with E-state index in [2.05, 4.69) is 9.47 Å². The van der Waals surface area contributed by atoms with Crippen LogP contribution >= 0.6 is 0 Å². The number of hydrogen-bond acceptors (Lipinski definition) is 7. The third kappa shape index (κ3) is 4.09. The molecule has 7 nitrogen and oxygen atoms in total. The van der Waals surface area contributed by atoms with E-state index in [1.165, 1.54) is 6.07 Å². The Morgan fingerprint density at radius 3 is 2.50 bits per heavy atom. The molecule has 1 aromatic rings. The molecule has 0 radical (unpaired) electrons. The van der Waals surface area contributed by atoms with Crippen molar-refractivity contribution in [2.24, 2.45) is 5.73 Å². The molecule has 0 aliphatic carbocycles. The van der Waals surface area contributed by atoms with Crippen LogP contribution in [0.4, 0.5) is 13.2 Å². The van der Waals surface area contributed by atoms with Crippen LogP contribution in [0.2, 0.25) is 0 Å². The lowest BCUT2D eigenvalue weighted by atomic mass is 9.82. The highest BCUT2D eigenvalue weighted by Crippen LogP contribution is 2.42. The Kier molecular flexibility index (Phi) is 5.98. The number of rotatable bonds is 4. The first kappa shape index (κ1) is 20.8. The number of allylic oxidation sites excluding steroid dienone is 1. The molecule has 1 aliphatic rings. The largest absolute Gasteiger partial charge is 0.469 e. The van der Waals surface area contributed by atoms with Crippen LogP contribution in [0.5, 0.6) is 0 Å². The summed E-state index contributed by atoms with van der Waals surface area (Å²) in [6, 6.07) is 5.82. The van der Waals surface area contributed by atoms with E-state index in [9.17, 15) is 28.0 Å². The van der Waals surface area contributed by atoms with E-state index in [-0.39, 0.29) is 22.5 Å². The van der Waals surface area contributed by atoms with E-state index in [0.29, 0.717) is 0 Å². The summed E-state index contributed by atoms with van der Waals surface area (Å²) in [7, 11) is 2.15. The number of carbonyl (C=O) groups excluding carboxylic acids is 2. The number of benzene rings is 1. The number of halogens is 3. The van der Waals surface area contributed by atoms with Crippen LogP contribution in [0.1, 0.15) is 23.5 Å². The third-order valence-corrected chi connectivity index (χ3v) is 3.98. The molecule has 0 saturated heterocycles. The molecule has 1 aromatic carbocycles. The van der Waals surface area contributed by atoms with Crippen LogP contribution in [0.3, 0.4) is 0 Å². The number of ether oxygens (including phenoxy) is 3. The van der Waals surface area contributed by atoms with Gasteiger partial charge in [-0.3, -0.25) is 4.79 Å². The molecule has 1 heterocycles. The number of hydrogen-bond donors (Lipinski definition) is 1. The highest BCUT2D eigenvalue weighted by atomic mass is 19.4. The van der Waals surface area contributed by atoms with Crippen molar-refractivity contribution in [1.82, 2.24) is 0 Å². The Hall–Kier alpha value is -3.48. The number of nitriles is 1. The van der Waals surface area contributed by atoms with E-state index < -0.39 is 41.9 Å². The summed E-state index contributed by atoms with van der Waals surface area (Å²) in [5, 5.41) is 9.45. The van der Waals surface area contributed by atoms with Crippen molar-refractivity contribution in [1.29, 1.82) is 5.26 Å². The van der Waals surface area contributed by atoms with Crippen LogP contribution in [-0.4, -0.2) is 26.2 Å². The Bertz CT molecular complexity index is 913. The summed E-state index contributed by atoms with van der Waals surface area (Å²) in [5.74, 6) is -3.78. The van der Waals surface area contributed by atoms with Crippen LogP contribution in [0.25, 0.3) is 0 Å². The lowest BCUT2D eigenvalue weighted by Crippen LogP contribution is -2.27. The van der Waals surface area contributed by atoms with Gasteiger partial charge in [0, 0.05) is 0 Å². The fourth-order valence-electron chi connectivity index (χ4n) is 2.71. The molecule has 1 unspecified atom stereocenters. The first-order valence-corrected chi connectivity index (χ1v) is 7.76. The molecule has 148 valence electrons.